The number of aromatic nitrogens is 1. The normalized spacial score (nSPS) is 10.0. The van der Waals surface area contributed by atoms with E-state index in [1.54, 1.807) is 6.92 Å². The van der Waals surface area contributed by atoms with Gasteiger partial charge in [0.15, 0.2) is 10.9 Å². The molecule has 0 spiro atoms. The van der Waals surface area contributed by atoms with E-state index in [0.717, 1.165) is 11.3 Å². The van der Waals surface area contributed by atoms with Crippen molar-refractivity contribution in [2.75, 3.05) is 5.73 Å². The van der Waals surface area contributed by atoms with Gasteiger partial charge in [-0.2, -0.15) is 0 Å². The second-order valence-electron chi connectivity index (χ2n) is 2.77. The van der Waals surface area contributed by atoms with Crippen LogP contribution in [0.15, 0.2) is 0 Å². The van der Waals surface area contributed by atoms with Gasteiger partial charge in [0.25, 0.3) is 0 Å². The molecule has 0 aliphatic carbocycles. The molecule has 1 heterocycles. The van der Waals surface area contributed by atoms with E-state index in [4.69, 9.17) is 5.73 Å². The van der Waals surface area contributed by atoms with Crippen molar-refractivity contribution in [3.8, 4) is 0 Å². The summed E-state index contributed by atoms with van der Waals surface area (Å²) in [4.78, 5) is 26.5. The monoisotopic (exact) mass is 198 g/mol. The lowest BCUT2D eigenvalue weighted by Gasteiger charge is -1.93. The van der Waals surface area contributed by atoms with Crippen molar-refractivity contribution in [3.63, 3.8) is 0 Å². The Morgan fingerprint density at radius 3 is 2.54 bits per heavy atom. The fourth-order valence-electron chi connectivity index (χ4n) is 0.982. The zero-order valence-electron chi connectivity index (χ0n) is 7.46. The van der Waals surface area contributed by atoms with Gasteiger partial charge in [-0.15, -0.1) is 0 Å². The lowest BCUT2D eigenvalue weighted by atomic mass is 10.2. The Morgan fingerprint density at radius 2 is 2.15 bits per heavy atom. The van der Waals surface area contributed by atoms with Gasteiger partial charge in [0.1, 0.15) is 5.78 Å². The predicted molar refractivity (Wildman–Crippen MR) is 50.9 cm³/mol. The molecular weight excluding hydrogens is 188 g/mol. The number of aryl methyl sites for hydroxylation is 1. The lowest BCUT2D eigenvalue weighted by molar-refractivity contribution is -0.116. The van der Waals surface area contributed by atoms with Crippen molar-refractivity contribution in [2.24, 2.45) is 0 Å². The maximum absolute atomic E-state index is 11.4. The number of thiazole rings is 1. The molecule has 0 aliphatic heterocycles. The summed E-state index contributed by atoms with van der Waals surface area (Å²) in [6.45, 7) is 3.10. The van der Waals surface area contributed by atoms with Gasteiger partial charge in [-0.3, -0.25) is 9.59 Å². The molecule has 0 atom stereocenters. The van der Waals surface area contributed by atoms with Gasteiger partial charge in [-0.25, -0.2) is 4.98 Å². The Bertz CT molecular complexity index is 357. The van der Waals surface area contributed by atoms with Crippen LogP contribution in [-0.2, 0) is 4.79 Å². The number of carbonyl (C=O) groups is 2. The summed E-state index contributed by atoms with van der Waals surface area (Å²) < 4.78 is 0. The number of carbonyl (C=O) groups excluding carboxylic acids is 2. The number of ketones is 2. The quantitative estimate of drug-likeness (QED) is 0.585. The Balaban J connectivity index is 2.88. The highest BCUT2D eigenvalue weighted by molar-refractivity contribution is 7.17. The van der Waals surface area contributed by atoms with Crippen LogP contribution in [0.2, 0.25) is 0 Å². The van der Waals surface area contributed by atoms with Crippen LogP contribution in [0, 0.1) is 6.92 Å². The molecule has 13 heavy (non-hydrogen) atoms. The summed E-state index contributed by atoms with van der Waals surface area (Å²) in [5, 5.41) is 0.365. The highest BCUT2D eigenvalue weighted by Gasteiger charge is 2.15. The minimum absolute atomic E-state index is 0.0670. The number of hydrogen-bond donors (Lipinski definition) is 1. The molecule has 1 aromatic rings. The topological polar surface area (TPSA) is 73.0 Å². The smallest absolute Gasteiger partial charge is 0.182 e. The molecule has 0 saturated carbocycles. The number of anilines is 1. The molecule has 1 aromatic heterocycles. The second kappa shape index (κ2) is 3.66. The molecule has 0 fully saturated rings. The van der Waals surface area contributed by atoms with Crippen LogP contribution in [0.4, 0.5) is 5.13 Å². The van der Waals surface area contributed by atoms with Crippen LogP contribution in [-0.4, -0.2) is 16.6 Å². The van der Waals surface area contributed by atoms with Crippen molar-refractivity contribution in [3.05, 3.63) is 10.6 Å². The lowest BCUT2D eigenvalue weighted by Crippen LogP contribution is -2.04. The molecule has 0 radical (unpaired) electrons. The standard InChI is InChI=1S/C8H10N2O2S/c1-4(11)3-6(12)7-5(2)10-8(9)13-7/h3H2,1-2H3,(H2,9,10). The molecule has 70 valence electrons. The van der Waals surface area contributed by atoms with E-state index < -0.39 is 0 Å². The first-order valence-electron chi connectivity index (χ1n) is 3.76. The van der Waals surface area contributed by atoms with Gasteiger partial charge in [-0.1, -0.05) is 11.3 Å². The number of nitrogens with two attached hydrogens (primary N) is 1. The van der Waals surface area contributed by atoms with Crippen molar-refractivity contribution >= 4 is 28.0 Å². The molecule has 1 rings (SSSR count). The summed E-state index contributed by atoms with van der Waals surface area (Å²) in [6, 6.07) is 0. The molecule has 0 saturated heterocycles. The summed E-state index contributed by atoms with van der Waals surface area (Å²) in [5.74, 6) is -0.337. The molecule has 5 heteroatoms. The van der Waals surface area contributed by atoms with E-state index in [1.165, 1.54) is 6.92 Å². The maximum Gasteiger partial charge on any atom is 0.182 e. The van der Waals surface area contributed by atoms with Crippen LogP contribution in [0.5, 0.6) is 0 Å². The Hall–Kier alpha value is -1.23. The average molecular weight is 198 g/mol. The summed E-state index contributed by atoms with van der Waals surface area (Å²) in [5.41, 5.74) is 6.02. The van der Waals surface area contributed by atoms with Gasteiger partial charge < -0.3 is 5.73 Å². The van der Waals surface area contributed by atoms with Gasteiger partial charge in [0.05, 0.1) is 17.0 Å². The van der Waals surface area contributed by atoms with Crippen LogP contribution in [0.25, 0.3) is 0 Å². The Kier molecular flexibility index (Phi) is 2.77. The number of Topliss-reactive ketones (excluding diaryl/α,β-unsaturated/α-hetero) is 2. The fourth-order valence-corrected chi connectivity index (χ4v) is 1.75. The minimum Gasteiger partial charge on any atom is -0.375 e. The third-order valence-corrected chi connectivity index (χ3v) is 2.50. The SMILES string of the molecule is CC(=O)CC(=O)c1sc(N)nc1C. The molecule has 2 N–H and O–H groups in total. The number of hydrogen-bond acceptors (Lipinski definition) is 5. The first kappa shape index (κ1) is 9.85. The van der Waals surface area contributed by atoms with E-state index in [9.17, 15) is 9.59 Å². The van der Waals surface area contributed by atoms with E-state index in [-0.39, 0.29) is 18.0 Å². The summed E-state index contributed by atoms with van der Waals surface area (Å²) >= 11 is 1.13. The largest absolute Gasteiger partial charge is 0.375 e. The van der Waals surface area contributed by atoms with Crippen molar-refractivity contribution in [2.45, 2.75) is 20.3 Å². The van der Waals surface area contributed by atoms with Gasteiger partial charge >= 0.3 is 0 Å². The molecule has 4 nitrogen and oxygen atoms in total. The first-order chi connectivity index (χ1) is 6.00. The highest BCUT2D eigenvalue weighted by atomic mass is 32.1. The zero-order chi connectivity index (χ0) is 10.0. The molecule has 0 unspecified atom stereocenters. The second-order valence-corrected chi connectivity index (χ2v) is 3.80. The predicted octanol–water partition coefficient (Wildman–Crippen LogP) is 1.20. The Morgan fingerprint density at radius 1 is 1.54 bits per heavy atom. The van der Waals surface area contributed by atoms with Gasteiger partial charge in [-0.05, 0) is 13.8 Å². The summed E-state index contributed by atoms with van der Waals surface area (Å²) in [7, 11) is 0. The van der Waals surface area contributed by atoms with Crippen molar-refractivity contribution in [1.29, 1.82) is 0 Å². The van der Waals surface area contributed by atoms with Crippen molar-refractivity contribution in [1.82, 2.24) is 4.98 Å². The number of nitrogens with zero attached hydrogens (tertiary/aromatic N) is 1. The van der Waals surface area contributed by atoms with Crippen LogP contribution >= 0.6 is 11.3 Å². The molecular formula is C8H10N2O2S. The van der Waals surface area contributed by atoms with E-state index in [2.05, 4.69) is 4.98 Å². The zero-order valence-corrected chi connectivity index (χ0v) is 8.27. The van der Waals surface area contributed by atoms with Crippen LogP contribution < -0.4 is 5.73 Å². The molecule has 0 bridgehead atoms. The average Bonchev–Trinajstić information content (AvgIpc) is 2.28. The van der Waals surface area contributed by atoms with E-state index in [0.29, 0.717) is 15.7 Å². The third kappa shape index (κ3) is 2.35. The fraction of sp³-hybridized carbons (Fsp3) is 0.375. The molecule has 0 aromatic carbocycles. The van der Waals surface area contributed by atoms with Crippen LogP contribution in [0.3, 0.4) is 0 Å². The van der Waals surface area contributed by atoms with Gasteiger partial charge in [0, 0.05) is 0 Å². The maximum atomic E-state index is 11.4. The Labute approximate surface area is 79.8 Å². The first-order valence-corrected chi connectivity index (χ1v) is 4.58. The number of nitrogen functional groups attached to an aromatic ring is 1. The third-order valence-electron chi connectivity index (χ3n) is 1.48. The summed E-state index contributed by atoms with van der Waals surface area (Å²) in [6.07, 6.45) is -0.0670. The molecule has 0 amide bonds. The minimum atomic E-state index is -0.195. The highest BCUT2D eigenvalue weighted by Crippen LogP contribution is 2.21. The van der Waals surface area contributed by atoms with E-state index >= 15 is 0 Å². The van der Waals surface area contributed by atoms with E-state index in [1.807, 2.05) is 0 Å². The molecule has 0 aliphatic rings. The number of rotatable bonds is 3. The van der Waals surface area contributed by atoms with Gasteiger partial charge in [0.2, 0.25) is 0 Å². The van der Waals surface area contributed by atoms with Crippen LogP contribution in [0.1, 0.15) is 28.7 Å². The van der Waals surface area contributed by atoms with Crippen molar-refractivity contribution < 1.29 is 9.59 Å².